The van der Waals surface area contributed by atoms with Crippen molar-refractivity contribution in [2.75, 3.05) is 13.7 Å². The molecule has 0 saturated carbocycles. The molecule has 20 heavy (non-hydrogen) atoms. The molecule has 1 rings (SSSR count). The minimum absolute atomic E-state index is 0.302. The first-order valence-corrected chi connectivity index (χ1v) is 6.92. The molecule has 0 aliphatic rings. The van der Waals surface area contributed by atoms with E-state index in [1.54, 1.807) is 27.0 Å². The fraction of sp³-hybridized carbons (Fsp3) is 0.562. The number of ether oxygens (including phenoxy) is 2. The summed E-state index contributed by atoms with van der Waals surface area (Å²) in [6.07, 6.45) is 0.489. The van der Waals surface area contributed by atoms with Gasteiger partial charge >= 0.3 is 5.97 Å². The quantitative estimate of drug-likeness (QED) is 0.814. The average molecular weight is 280 g/mol. The number of carbonyl (C=O) groups excluding carboxylic acids is 1. The highest BCUT2D eigenvalue weighted by Crippen LogP contribution is 2.38. The lowest BCUT2D eigenvalue weighted by Gasteiger charge is -2.32. The summed E-state index contributed by atoms with van der Waals surface area (Å²) in [5, 5.41) is 10.9. The maximum atomic E-state index is 12.1. The van der Waals surface area contributed by atoms with Crippen molar-refractivity contribution in [3.63, 3.8) is 0 Å². The molecule has 1 aromatic carbocycles. The van der Waals surface area contributed by atoms with E-state index in [2.05, 4.69) is 0 Å². The number of carbonyl (C=O) groups is 1. The Morgan fingerprint density at radius 1 is 1.40 bits per heavy atom. The van der Waals surface area contributed by atoms with Crippen molar-refractivity contribution in [3.8, 4) is 5.75 Å². The summed E-state index contributed by atoms with van der Waals surface area (Å²) in [7, 11) is 1.55. The Labute approximate surface area is 120 Å². The Kier molecular flexibility index (Phi) is 5.57. The number of rotatable bonds is 6. The first-order chi connectivity index (χ1) is 9.38. The number of hydrogen-bond donors (Lipinski definition) is 1. The van der Waals surface area contributed by atoms with E-state index in [1.807, 2.05) is 26.0 Å². The summed E-state index contributed by atoms with van der Waals surface area (Å²) in [5.74, 6) is -0.440. The first-order valence-electron chi connectivity index (χ1n) is 6.92. The molecular formula is C16H24O4. The molecule has 0 radical (unpaired) electrons. The van der Waals surface area contributed by atoms with Gasteiger partial charge in [-0.15, -0.1) is 0 Å². The van der Waals surface area contributed by atoms with Gasteiger partial charge in [-0.25, -0.2) is 0 Å². The Balaban J connectivity index is 3.25. The van der Waals surface area contributed by atoms with Crippen LogP contribution in [0, 0.1) is 12.8 Å². The lowest BCUT2D eigenvalue weighted by molar-refractivity contribution is -0.158. The van der Waals surface area contributed by atoms with Gasteiger partial charge in [0.1, 0.15) is 11.4 Å². The molecule has 0 spiro atoms. The van der Waals surface area contributed by atoms with Crippen molar-refractivity contribution in [1.82, 2.24) is 0 Å². The molecule has 0 aromatic heterocycles. The van der Waals surface area contributed by atoms with Crippen LogP contribution in [0.1, 0.15) is 38.3 Å². The molecule has 112 valence electrons. The largest absolute Gasteiger partial charge is 0.496 e. The molecule has 4 heteroatoms. The molecular weight excluding hydrogens is 256 g/mol. The maximum Gasteiger partial charge on any atom is 0.312 e. The number of aryl methyl sites for hydroxylation is 1. The normalized spacial score (nSPS) is 15.3. The van der Waals surface area contributed by atoms with Crippen molar-refractivity contribution in [1.29, 1.82) is 0 Å². The van der Waals surface area contributed by atoms with Gasteiger partial charge in [-0.05, 0) is 39.3 Å². The second kappa shape index (κ2) is 6.75. The van der Waals surface area contributed by atoms with Gasteiger partial charge < -0.3 is 14.6 Å². The summed E-state index contributed by atoms with van der Waals surface area (Å²) < 4.78 is 10.4. The second-order valence-electron chi connectivity index (χ2n) is 5.06. The number of esters is 1. The zero-order chi connectivity index (χ0) is 15.3. The van der Waals surface area contributed by atoms with Crippen LogP contribution in [0.25, 0.3) is 0 Å². The third kappa shape index (κ3) is 3.31. The van der Waals surface area contributed by atoms with E-state index in [0.717, 1.165) is 5.56 Å². The van der Waals surface area contributed by atoms with Crippen LogP contribution in [0.15, 0.2) is 18.2 Å². The summed E-state index contributed by atoms with van der Waals surface area (Å²) in [6.45, 7) is 7.49. The van der Waals surface area contributed by atoms with Gasteiger partial charge in [-0.3, -0.25) is 4.79 Å². The lowest BCUT2D eigenvalue weighted by atomic mass is 9.80. The maximum absolute atomic E-state index is 12.1. The summed E-state index contributed by atoms with van der Waals surface area (Å²) >= 11 is 0. The zero-order valence-corrected chi connectivity index (χ0v) is 12.9. The van der Waals surface area contributed by atoms with Gasteiger partial charge in [0.2, 0.25) is 0 Å². The van der Waals surface area contributed by atoms with Gasteiger partial charge in [-0.2, -0.15) is 0 Å². The predicted octanol–water partition coefficient (Wildman–Crippen LogP) is 2.80. The van der Waals surface area contributed by atoms with E-state index in [-0.39, 0.29) is 5.97 Å². The molecule has 0 saturated heterocycles. The highest BCUT2D eigenvalue weighted by Gasteiger charge is 2.40. The third-order valence-corrected chi connectivity index (χ3v) is 3.56. The number of aliphatic hydroxyl groups is 1. The van der Waals surface area contributed by atoms with Crippen molar-refractivity contribution < 1.29 is 19.4 Å². The van der Waals surface area contributed by atoms with Crippen LogP contribution < -0.4 is 4.74 Å². The van der Waals surface area contributed by atoms with Crippen LogP contribution in [0.5, 0.6) is 5.75 Å². The predicted molar refractivity (Wildman–Crippen MR) is 77.7 cm³/mol. The van der Waals surface area contributed by atoms with E-state index >= 15 is 0 Å². The third-order valence-electron chi connectivity index (χ3n) is 3.56. The summed E-state index contributed by atoms with van der Waals surface area (Å²) in [4.78, 5) is 12.1. The highest BCUT2D eigenvalue weighted by molar-refractivity contribution is 5.74. The molecule has 0 fully saturated rings. The monoisotopic (exact) mass is 280 g/mol. The molecule has 0 aliphatic carbocycles. The topological polar surface area (TPSA) is 55.8 Å². The molecule has 0 bridgehead atoms. The number of methoxy groups -OCH3 is 1. The molecule has 0 aliphatic heterocycles. The van der Waals surface area contributed by atoms with E-state index in [0.29, 0.717) is 24.3 Å². The smallest absolute Gasteiger partial charge is 0.312 e. The van der Waals surface area contributed by atoms with E-state index in [1.165, 1.54) is 0 Å². The van der Waals surface area contributed by atoms with Crippen molar-refractivity contribution in [2.24, 2.45) is 5.92 Å². The van der Waals surface area contributed by atoms with Gasteiger partial charge in [0.15, 0.2) is 0 Å². The van der Waals surface area contributed by atoms with Crippen LogP contribution in [0.3, 0.4) is 0 Å². The number of hydrogen-bond acceptors (Lipinski definition) is 4. The van der Waals surface area contributed by atoms with Crippen molar-refractivity contribution in [2.45, 2.75) is 39.7 Å². The standard InChI is InChI=1S/C16H24O4/c1-6-12(15(17)20-7-2)16(4,18)13-10-11(3)8-9-14(13)19-5/h8-10,12,18H,6-7H2,1-5H3. The Morgan fingerprint density at radius 3 is 2.55 bits per heavy atom. The second-order valence-corrected chi connectivity index (χ2v) is 5.06. The van der Waals surface area contributed by atoms with Crippen LogP contribution >= 0.6 is 0 Å². The Morgan fingerprint density at radius 2 is 2.05 bits per heavy atom. The molecule has 4 nitrogen and oxygen atoms in total. The molecule has 1 N–H and O–H groups in total. The van der Waals surface area contributed by atoms with E-state index in [4.69, 9.17) is 9.47 Å². The van der Waals surface area contributed by atoms with Gasteiger partial charge in [0.25, 0.3) is 0 Å². The molecule has 2 atom stereocenters. The van der Waals surface area contributed by atoms with Crippen LogP contribution in [-0.2, 0) is 15.1 Å². The first kappa shape index (κ1) is 16.5. The molecule has 1 aromatic rings. The molecule has 0 heterocycles. The highest BCUT2D eigenvalue weighted by atomic mass is 16.5. The van der Waals surface area contributed by atoms with Crippen LogP contribution in [0.4, 0.5) is 0 Å². The summed E-state index contributed by atoms with van der Waals surface area (Å²) in [6, 6.07) is 5.56. The lowest BCUT2D eigenvalue weighted by Crippen LogP contribution is -2.38. The average Bonchev–Trinajstić information content (AvgIpc) is 2.39. The van der Waals surface area contributed by atoms with E-state index < -0.39 is 11.5 Å². The van der Waals surface area contributed by atoms with Gasteiger partial charge in [0.05, 0.1) is 19.6 Å². The minimum atomic E-state index is -1.33. The van der Waals surface area contributed by atoms with Crippen molar-refractivity contribution in [3.05, 3.63) is 29.3 Å². The molecule has 0 amide bonds. The van der Waals surface area contributed by atoms with Crippen LogP contribution in [-0.4, -0.2) is 24.8 Å². The van der Waals surface area contributed by atoms with Crippen LogP contribution in [0.2, 0.25) is 0 Å². The van der Waals surface area contributed by atoms with Gasteiger partial charge in [0, 0.05) is 5.56 Å². The SMILES string of the molecule is CCOC(=O)C(CC)C(C)(O)c1cc(C)ccc1OC. The van der Waals surface area contributed by atoms with Crippen molar-refractivity contribution >= 4 is 5.97 Å². The Bertz CT molecular complexity index is 466. The number of benzene rings is 1. The fourth-order valence-electron chi connectivity index (χ4n) is 2.44. The van der Waals surface area contributed by atoms with E-state index in [9.17, 15) is 9.90 Å². The summed E-state index contributed by atoms with van der Waals surface area (Å²) in [5.41, 5.74) is 0.276. The zero-order valence-electron chi connectivity index (χ0n) is 12.9. The Hall–Kier alpha value is -1.55. The molecule has 2 unspecified atom stereocenters. The van der Waals surface area contributed by atoms with Gasteiger partial charge in [-0.1, -0.05) is 18.6 Å². The minimum Gasteiger partial charge on any atom is -0.496 e. The fourth-order valence-corrected chi connectivity index (χ4v) is 2.44.